The molecule has 1 aliphatic rings. The second-order valence-electron chi connectivity index (χ2n) is 8.03. The maximum Gasteiger partial charge on any atom is 0.254 e. The van der Waals surface area contributed by atoms with Crippen molar-refractivity contribution < 1.29 is 13.2 Å². The molecule has 6 heteroatoms. The van der Waals surface area contributed by atoms with E-state index in [0.29, 0.717) is 11.5 Å². The highest BCUT2D eigenvalue weighted by Crippen LogP contribution is 2.25. The molecule has 25 heavy (non-hydrogen) atoms. The van der Waals surface area contributed by atoms with Gasteiger partial charge in [0.2, 0.25) is 10.0 Å². The van der Waals surface area contributed by atoms with E-state index in [-0.39, 0.29) is 10.8 Å². The number of hydrogen-bond acceptors (Lipinski definition) is 3. The van der Waals surface area contributed by atoms with Crippen molar-refractivity contribution in [1.29, 1.82) is 0 Å². The second kappa shape index (κ2) is 7.46. The van der Waals surface area contributed by atoms with Crippen molar-refractivity contribution in [1.82, 2.24) is 9.62 Å². The van der Waals surface area contributed by atoms with Crippen LogP contribution in [-0.4, -0.2) is 37.9 Å². The molecule has 1 N–H and O–H groups in total. The number of hydrogen-bond donors (Lipinski definition) is 1. The summed E-state index contributed by atoms with van der Waals surface area (Å²) in [5, 5.41) is 0. The first-order valence-corrected chi connectivity index (χ1v) is 10.5. The van der Waals surface area contributed by atoms with Gasteiger partial charge in [-0.25, -0.2) is 13.1 Å². The van der Waals surface area contributed by atoms with Crippen LogP contribution in [0.4, 0.5) is 0 Å². The summed E-state index contributed by atoms with van der Waals surface area (Å²) in [5.41, 5.74) is 0.712. The summed E-state index contributed by atoms with van der Waals surface area (Å²) in [4.78, 5) is 14.9. The van der Waals surface area contributed by atoms with E-state index in [1.54, 1.807) is 32.9 Å². The van der Waals surface area contributed by atoms with Crippen LogP contribution in [0.25, 0.3) is 0 Å². The fourth-order valence-electron chi connectivity index (χ4n) is 3.29. The first-order valence-electron chi connectivity index (χ1n) is 8.97. The topological polar surface area (TPSA) is 66.5 Å². The van der Waals surface area contributed by atoms with E-state index in [0.717, 1.165) is 37.9 Å². The highest BCUT2D eigenvalue weighted by atomic mass is 32.2. The summed E-state index contributed by atoms with van der Waals surface area (Å²) in [7, 11) is -3.65. The minimum atomic E-state index is -3.65. The van der Waals surface area contributed by atoms with Gasteiger partial charge in [-0.1, -0.05) is 19.4 Å². The molecular formula is C19H30N2O3S. The fraction of sp³-hybridized carbons (Fsp3) is 0.632. The maximum atomic E-state index is 12.9. The summed E-state index contributed by atoms with van der Waals surface area (Å²) in [6.07, 6.45) is 3.28. The Hall–Kier alpha value is -1.40. The van der Waals surface area contributed by atoms with Gasteiger partial charge in [-0.3, -0.25) is 4.79 Å². The summed E-state index contributed by atoms with van der Waals surface area (Å²) >= 11 is 0. The van der Waals surface area contributed by atoms with Crippen LogP contribution in [0.15, 0.2) is 23.1 Å². The fourth-order valence-corrected chi connectivity index (χ4v) is 4.74. The molecule has 0 saturated carbocycles. The number of sulfonamides is 1. The normalized spacial score (nSPS) is 18.6. The summed E-state index contributed by atoms with van der Waals surface area (Å²) in [6.45, 7) is 10.9. The third-order valence-corrected chi connectivity index (χ3v) is 6.22. The number of likely N-dealkylation sites (tertiary alicyclic amines) is 1. The van der Waals surface area contributed by atoms with E-state index in [2.05, 4.69) is 11.6 Å². The Labute approximate surface area is 151 Å². The van der Waals surface area contributed by atoms with E-state index >= 15 is 0 Å². The number of benzene rings is 1. The van der Waals surface area contributed by atoms with Crippen molar-refractivity contribution in [3.8, 4) is 0 Å². The molecule has 5 nitrogen and oxygen atoms in total. The minimum Gasteiger partial charge on any atom is -0.338 e. The minimum absolute atomic E-state index is 0.0658. The Morgan fingerprint density at radius 2 is 2.00 bits per heavy atom. The third kappa shape index (κ3) is 5.05. The van der Waals surface area contributed by atoms with Crippen molar-refractivity contribution in [2.75, 3.05) is 13.1 Å². The lowest BCUT2D eigenvalue weighted by Gasteiger charge is -2.22. The maximum absolute atomic E-state index is 12.9. The molecule has 0 radical (unpaired) electrons. The molecule has 1 saturated heterocycles. The van der Waals surface area contributed by atoms with Crippen LogP contribution in [-0.2, 0) is 10.0 Å². The zero-order valence-corrected chi connectivity index (χ0v) is 16.7. The molecule has 1 fully saturated rings. The van der Waals surface area contributed by atoms with Gasteiger partial charge in [0.25, 0.3) is 5.91 Å². The molecule has 0 aliphatic carbocycles. The Morgan fingerprint density at radius 1 is 1.32 bits per heavy atom. The highest BCUT2D eigenvalue weighted by Gasteiger charge is 2.29. The number of amides is 1. The van der Waals surface area contributed by atoms with Gasteiger partial charge in [-0.15, -0.1) is 0 Å². The lowest BCUT2D eigenvalue weighted by Crippen LogP contribution is -2.40. The van der Waals surface area contributed by atoms with Gasteiger partial charge in [0.15, 0.2) is 0 Å². The molecule has 140 valence electrons. The number of nitrogens with zero attached hydrogens (tertiary/aromatic N) is 1. The highest BCUT2D eigenvalue weighted by molar-refractivity contribution is 7.89. The molecule has 1 unspecified atom stereocenters. The lowest BCUT2D eigenvalue weighted by atomic mass is 10.0. The van der Waals surface area contributed by atoms with Crippen LogP contribution in [0.1, 0.15) is 62.9 Å². The van der Waals surface area contributed by atoms with Gasteiger partial charge < -0.3 is 4.90 Å². The van der Waals surface area contributed by atoms with Gasteiger partial charge >= 0.3 is 0 Å². The van der Waals surface area contributed by atoms with Crippen LogP contribution >= 0.6 is 0 Å². The zero-order chi connectivity index (χ0) is 18.8. The van der Waals surface area contributed by atoms with Crippen LogP contribution in [0.5, 0.6) is 0 Å². The standard InChI is InChI=1S/C19H30N2O3S/c1-6-7-15-10-11-21(13-15)18(22)17-12-16(9-8-14(17)2)25(23,24)20-19(3,4)5/h8-9,12,15,20H,6-7,10-11,13H2,1-5H3. The average molecular weight is 367 g/mol. The molecule has 1 aliphatic heterocycles. The van der Waals surface area contributed by atoms with Crippen LogP contribution in [0.2, 0.25) is 0 Å². The summed E-state index contributed by atoms with van der Waals surface area (Å²) in [5.74, 6) is 0.493. The van der Waals surface area contributed by atoms with E-state index in [1.165, 1.54) is 6.07 Å². The summed E-state index contributed by atoms with van der Waals surface area (Å²) in [6, 6.07) is 4.78. The largest absolute Gasteiger partial charge is 0.338 e. The van der Waals surface area contributed by atoms with E-state index in [4.69, 9.17) is 0 Å². The molecule has 2 rings (SSSR count). The Bertz CT molecular complexity index is 736. The monoisotopic (exact) mass is 366 g/mol. The quantitative estimate of drug-likeness (QED) is 0.869. The van der Waals surface area contributed by atoms with Crippen molar-refractivity contribution in [2.24, 2.45) is 5.92 Å². The van der Waals surface area contributed by atoms with Crippen molar-refractivity contribution in [3.05, 3.63) is 29.3 Å². The van der Waals surface area contributed by atoms with Crippen LogP contribution in [0.3, 0.4) is 0 Å². The van der Waals surface area contributed by atoms with Crippen molar-refractivity contribution in [3.63, 3.8) is 0 Å². The number of rotatable bonds is 5. The van der Waals surface area contributed by atoms with Gasteiger partial charge in [0.05, 0.1) is 4.90 Å². The van der Waals surface area contributed by atoms with E-state index < -0.39 is 15.6 Å². The Morgan fingerprint density at radius 3 is 2.60 bits per heavy atom. The molecule has 0 spiro atoms. The smallest absolute Gasteiger partial charge is 0.254 e. The van der Waals surface area contributed by atoms with Gasteiger partial charge in [-0.2, -0.15) is 0 Å². The Kier molecular flexibility index (Phi) is 5.94. The first-order chi connectivity index (χ1) is 11.5. The lowest BCUT2D eigenvalue weighted by molar-refractivity contribution is 0.0785. The SMILES string of the molecule is CCCC1CCN(C(=O)c2cc(S(=O)(=O)NC(C)(C)C)ccc2C)C1. The second-order valence-corrected chi connectivity index (χ2v) is 9.71. The number of aryl methyl sites for hydroxylation is 1. The van der Waals surface area contributed by atoms with Gasteiger partial charge in [0, 0.05) is 24.2 Å². The molecule has 1 aromatic carbocycles. The molecule has 0 bridgehead atoms. The van der Waals surface area contributed by atoms with Crippen molar-refractivity contribution >= 4 is 15.9 Å². The van der Waals surface area contributed by atoms with Crippen molar-refractivity contribution in [2.45, 2.75) is 64.3 Å². The first kappa shape index (κ1) is 19.9. The molecule has 1 atom stereocenters. The molecule has 1 amide bonds. The predicted octanol–water partition coefficient (Wildman–Crippen LogP) is 3.33. The van der Waals surface area contributed by atoms with Gasteiger partial charge in [-0.05, 0) is 64.2 Å². The van der Waals surface area contributed by atoms with Gasteiger partial charge in [0.1, 0.15) is 0 Å². The third-order valence-electron chi connectivity index (χ3n) is 4.46. The predicted molar refractivity (Wildman–Crippen MR) is 100 cm³/mol. The number of nitrogens with one attached hydrogen (secondary N) is 1. The molecule has 1 aromatic rings. The van der Waals surface area contributed by atoms with Crippen LogP contribution < -0.4 is 4.72 Å². The Balaban J connectivity index is 2.26. The zero-order valence-electron chi connectivity index (χ0n) is 15.9. The summed E-state index contributed by atoms with van der Waals surface area (Å²) < 4.78 is 27.8. The average Bonchev–Trinajstić information content (AvgIpc) is 2.93. The molecule has 0 aromatic heterocycles. The van der Waals surface area contributed by atoms with Crippen LogP contribution in [0, 0.1) is 12.8 Å². The molecular weight excluding hydrogens is 336 g/mol. The molecule has 1 heterocycles. The number of carbonyl (C=O) groups is 1. The number of carbonyl (C=O) groups excluding carboxylic acids is 1. The van der Waals surface area contributed by atoms with E-state index in [9.17, 15) is 13.2 Å². The van der Waals surface area contributed by atoms with E-state index in [1.807, 2.05) is 11.8 Å².